The molecule has 0 saturated heterocycles. The summed E-state index contributed by atoms with van der Waals surface area (Å²) in [6.45, 7) is -0.280. The molecule has 19 heavy (non-hydrogen) atoms. The normalized spacial score (nSPS) is 13.2. The second-order valence-corrected chi connectivity index (χ2v) is 5.60. The molecule has 6 nitrogen and oxygen atoms in total. The van der Waals surface area contributed by atoms with Crippen LogP contribution >= 0.6 is 0 Å². The number of hydrogen-bond acceptors (Lipinski definition) is 4. The summed E-state index contributed by atoms with van der Waals surface area (Å²) in [5, 5.41) is 8.81. The molecule has 0 heterocycles. The highest BCUT2D eigenvalue weighted by molar-refractivity contribution is 7.88. The van der Waals surface area contributed by atoms with Crippen LogP contribution in [0.5, 0.6) is 0 Å². The van der Waals surface area contributed by atoms with Crippen LogP contribution in [0.2, 0.25) is 0 Å². The Hall–Kier alpha value is -1.51. The maximum atomic E-state index is 12.7. The SMILES string of the molecule is COCC(NS(=O)(=O)Cc1ccc(F)cc1)C(=O)O. The van der Waals surface area contributed by atoms with Crippen LogP contribution in [-0.4, -0.2) is 39.3 Å². The van der Waals surface area contributed by atoms with E-state index in [-0.39, 0.29) is 6.61 Å². The minimum Gasteiger partial charge on any atom is -0.480 e. The predicted molar refractivity (Wildman–Crippen MR) is 65.5 cm³/mol. The van der Waals surface area contributed by atoms with Gasteiger partial charge in [-0.25, -0.2) is 12.8 Å². The maximum absolute atomic E-state index is 12.7. The Kier molecular flexibility index (Phi) is 5.40. The highest BCUT2D eigenvalue weighted by Gasteiger charge is 2.24. The highest BCUT2D eigenvalue weighted by atomic mass is 32.2. The zero-order valence-electron chi connectivity index (χ0n) is 10.2. The largest absolute Gasteiger partial charge is 0.480 e. The number of carboxylic acid groups (broad SMARTS) is 1. The third-order valence-electron chi connectivity index (χ3n) is 2.22. The fourth-order valence-electron chi connectivity index (χ4n) is 1.38. The summed E-state index contributed by atoms with van der Waals surface area (Å²) in [5.41, 5.74) is 0.357. The molecule has 0 aliphatic carbocycles. The summed E-state index contributed by atoms with van der Waals surface area (Å²) in [6, 6.07) is 3.56. The van der Waals surface area contributed by atoms with E-state index in [9.17, 15) is 17.6 Å². The fourth-order valence-corrected chi connectivity index (χ4v) is 2.70. The minimum absolute atomic E-state index is 0.280. The van der Waals surface area contributed by atoms with Crippen LogP contribution in [0.3, 0.4) is 0 Å². The molecule has 0 amide bonds. The second kappa shape index (κ2) is 6.60. The Labute approximate surface area is 110 Å². The van der Waals surface area contributed by atoms with Crippen LogP contribution in [0.25, 0.3) is 0 Å². The van der Waals surface area contributed by atoms with E-state index in [2.05, 4.69) is 4.74 Å². The van der Waals surface area contributed by atoms with Gasteiger partial charge in [-0.3, -0.25) is 4.79 Å². The zero-order valence-corrected chi connectivity index (χ0v) is 11.0. The Balaban J connectivity index is 2.75. The Morgan fingerprint density at radius 1 is 1.42 bits per heavy atom. The molecule has 0 radical (unpaired) electrons. The number of methoxy groups -OCH3 is 1. The monoisotopic (exact) mass is 291 g/mol. The molecule has 0 spiro atoms. The summed E-state index contributed by atoms with van der Waals surface area (Å²) >= 11 is 0. The quantitative estimate of drug-likeness (QED) is 0.756. The van der Waals surface area contributed by atoms with E-state index in [4.69, 9.17) is 5.11 Å². The minimum atomic E-state index is -3.85. The van der Waals surface area contributed by atoms with E-state index in [1.54, 1.807) is 0 Å². The van der Waals surface area contributed by atoms with Crippen LogP contribution in [0.15, 0.2) is 24.3 Å². The molecule has 0 aliphatic rings. The summed E-state index contributed by atoms with van der Waals surface area (Å²) in [7, 11) is -2.58. The van der Waals surface area contributed by atoms with Crippen molar-refractivity contribution in [3.05, 3.63) is 35.6 Å². The lowest BCUT2D eigenvalue weighted by molar-refractivity contribution is -0.140. The van der Waals surface area contributed by atoms with Crippen LogP contribution < -0.4 is 4.72 Å². The maximum Gasteiger partial charge on any atom is 0.324 e. The van der Waals surface area contributed by atoms with Crippen molar-refractivity contribution in [3.8, 4) is 0 Å². The van der Waals surface area contributed by atoms with Gasteiger partial charge in [-0.2, -0.15) is 4.72 Å². The van der Waals surface area contributed by atoms with Gasteiger partial charge < -0.3 is 9.84 Å². The molecular weight excluding hydrogens is 277 g/mol. The van der Waals surface area contributed by atoms with Crippen molar-refractivity contribution in [3.63, 3.8) is 0 Å². The predicted octanol–water partition coefficient (Wildman–Crippen LogP) is 0.345. The van der Waals surface area contributed by atoms with Crippen molar-refractivity contribution in [2.45, 2.75) is 11.8 Å². The number of sulfonamides is 1. The van der Waals surface area contributed by atoms with Gasteiger partial charge in [0, 0.05) is 7.11 Å². The fraction of sp³-hybridized carbons (Fsp3) is 0.364. The lowest BCUT2D eigenvalue weighted by atomic mass is 10.2. The molecule has 1 aromatic carbocycles. The van der Waals surface area contributed by atoms with Crippen LogP contribution in [0.1, 0.15) is 5.56 Å². The first kappa shape index (κ1) is 15.5. The number of ether oxygens (including phenoxy) is 1. The third-order valence-corrected chi connectivity index (χ3v) is 3.58. The first-order valence-corrected chi connectivity index (χ1v) is 6.95. The van der Waals surface area contributed by atoms with E-state index in [0.29, 0.717) is 5.56 Å². The van der Waals surface area contributed by atoms with Gasteiger partial charge >= 0.3 is 5.97 Å². The number of rotatable bonds is 7. The van der Waals surface area contributed by atoms with Crippen LogP contribution in [-0.2, 0) is 25.3 Å². The number of nitrogens with one attached hydrogen (secondary N) is 1. The molecule has 2 N–H and O–H groups in total. The second-order valence-electron chi connectivity index (χ2n) is 3.85. The lowest BCUT2D eigenvalue weighted by Crippen LogP contribution is -2.44. The first-order valence-electron chi connectivity index (χ1n) is 5.30. The standard InChI is InChI=1S/C11H14FNO5S/c1-18-6-10(11(14)15)13-19(16,17)7-8-2-4-9(12)5-3-8/h2-5,10,13H,6-7H2,1H3,(H,14,15). The number of hydrogen-bond donors (Lipinski definition) is 2. The smallest absolute Gasteiger partial charge is 0.324 e. The number of carboxylic acids is 1. The van der Waals surface area contributed by atoms with Gasteiger partial charge in [0.05, 0.1) is 12.4 Å². The van der Waals surface area contributed by atoms with Crippen molar-refractivity contribution in [2.75, 3.05) is 13.7 Å². The molecule has 0 aliphatic heterocycles. The Bertz CT molecular complexity index is 529. The first-order chi connectivity index (χ1) is 8.84. The van der Waals surface area contributed by atoms with Crippen molar-refractivity contribution in [1.82, 2.24) is 4.72 Å². The van der Waals surface area contributed by atoms with E-state index < -0.39 is 33.6 Å². The van der Waals surface area contributed by atoms with Gasteiger partial charge in [-0.1, -0.05) is 12.1 Å². The summed E-state index contributed by atoms with van der Waals surface area (Å²) in [5.74, 6) is -2.23. The average Bonchev–Trinajstić information content (AvgIpc) is 2.31. The molecule has 106 valence electrons. The third kappa shape index (κ3) is 5.33. The van der Waals surface area contributed by atoms with Gasteiger partial charge in [0.25, 0.3) is 0 Å². The molecule has 8 heteroatoms. The summed E-state index contributed by atoms with van der Waals surface area (Å²) in [6.07, 6.45) is 0. The molecular formula is C11H14FNO5S. The van der Waals surface area contributed by atoms with E-state index in [1.807, 2.05) is 4.72 Å². The van der Waals surface area contributed by atoms with Crippen LogP contribution in [0, 0.1) is 5.82 Å². The Morgan fingerprint density at radius 2 is 2.00 bits per heavy atom. The number of aliphatic carboxylic acids is 1. The van der Waals surface area contributed by atoms with Gasteiger partial charge in [0.15, 0.2) is 0 Å². The lowest BCUT2D eigenvalue weighted by Gasteiger charge is -2.13. The van der Waals surface area contributed by atoms with Gasteiger partial charge in [0.1, 0.15) is 11.9 Å². The summed E-state index contributed by atoms with van der Waals surface area (Å²) < 4.78 is 42.8. The number of carbonyl (C=O) groups is 1. The molecule has 1 rings (SSSR count). The van der Waals surface area contributed by atoms with E-state index in [1.165, 1.54) is 19.2 Å². The van der Waals surface area contributed by atoms with E-state index in [0.717, 1.165) is 12.1 Å². The zero-order chi connectivity index (χ0) is 14.5. The number of benzene rings is 1. The van der Waals surface area contributed by atoms with Crippen molar-refractivity contribution < 1.29 is 27.4 Å². The molecule has 0 saturated carbocycles. The van der Waals surface area contributed by atoms with Gasteiger partial charge in [-0.05, 0) is 17.7 Å². The van der Waals surface area contributed by atoms with Crippen molar-refractivity contribution in [2.24, 2.45) is 0 Å². The van der Waals surface area contributed by atoms with Gasteiger partial charge in [0.2, 0.25) is 10.0 Å². The van der Waals surface area contributed by atoms with Crippen molar-refractivity contribution >= 4 is 16.0 Å². The number of halogens is 1. The van der Waals surface area contributed by atoms with E-state index >= 15 is 0 Å². The van der Waals surface area contributed by atoms with Crippen molar-refractivity contribution in [1.29, 1.82) is 0 Å². The molecule has 1 atom stereocenters. The van der Waals surface area contributed by atoms with Crippen LogP contribution in [0.4, 0.5) is 4.39 Å². The average molecular weight is 291 g/mol. The Morgan fingerprint density at radius 3 is 2.47 bits per heavy atom. The van der Waals surface area contributed by atoms with Gasteiger partial charge in [-0.15, -0.1) is 0 Å². The highest BCUT2D eigenvalue weighted by Crippen LogP contribution is 2.07. The molecule has 0 aromatic heterocycles. The molecule has 0 fully saturated rings. The molecule has 1 unspecified atom stereocenters. The summed E-state index contributed by atoms with van der Waals surface area (Å²) in [4.78, 5) is 10.8. The molecule has 0 bridgehead atoms. The molecule has 1 aromatic rings. The topological polar surface area (TPSA) is 92.7 Å².